The molecule has 0 aliphatic heterocycles. The van der Waals surface area contributed by atoms with Crippen LogP contribution in [0.25, 0.3) is 112 Å². The van der Waals surface area contributed by atoms with Crippen molar-refractivity contribution in [1.29, 1.82) is 0 Å². The number of hydrogen-bond donors (Lipinski definition) is 3. The fourth-order valence-electron chi connectivity index (χ4n) is 16.9. The van der Waals surface area contributed by atoms with E-state index in [4.69, 9.17) is 20.1 Å². The van der Waals surface area contributed by atoms with Gasteiger partial charge in [-0.2, -0.15) is 0 Å². The zero-order valence-corrected chi connectivity index (χ0v) is 66.7. The number of nitrogens with zero attached hydrogens (tertiary/aromatic N) is 4. The normalized spacial score (nSPS) is 20.9. The van der Waals surface area contributed by atoms with Gasteiger partial charge in [-0.3, -0.25) is 0 Å². The smallest absolute Gasteiger partial charge is 0.334 e. The van der Waals surface area contributed by atoms with Crippen molar-refractivity contribution >= 4 is 124 Å². The molecular weight excluding hydrogens is 1410 g/mol. The molecule has 12 heteroatoms. The Balaban J connectivity index is 0.000000126. The number of allylic oxidation sites excluding steroid dienone is 16. The van der Waals surface area contributed by atoms with Crippen molar-refractivity contribution in [1.82, 2.24) is 18.3 Å². The zero-order chi connectivity index (χ0) is 80.6. The molecular formula is C102H108N4O8. The highest BCUT2D eigenvalue weighted by molar-refractivity contribution is 6.12. The highest BCUT2D eigenvalue weighted by Crippen LogP contribution is 2.42. The molecule has 3 N–H and O–H groups in total. The zero-order valence-electron chi connectivity index (χ0n) is 66.7. The molecule has 0 saturated heterocycles. The Morgan fingerprint density at radius 2 is 0.588 bits per heavy atom. The molecule has 8 atom stereocenters. The van der Waals surface area contributed by atoms with E-state index < -0.39 is 5.97 Å². The molecule has 22 rings (SSSR count). The summed E-state index contributed by atoms with van der Waals surface area (Å²) in [7, 11) is 7.44. The van der Waals surface area contributed by atoms with Gasteiger partial charge in [0.25, 0.3) is 0 Å². The van der Waals surface area contributed by atoms with Crippen LogP contribution >= 0.6 is 0 Å². The number of carbonyl (C=O) groups is 2. The standard InChI is InChI=1S/4C14H11N.C9H10O2.C9H12O.C8H8O2.C8H10O.C7H8.C2H6O.C2H6.CH4O/c4*1-2-15-13-9-5-3-7-11(13)12-8-4-6-10-14(12)15;1-11-9(10)8-5-6-2-3-7(8)4-6;1-10-6-9-5-7-2-3-8(9)4-7;9-8(10)7-4-5-1-2-6(7)3-5;9-5-8-4-6-1-2-7(8)3-6;1-2-7-4-3-6(1)5-7;1-3-2;2*1-2/h4*2-10H,1H2;2-3,5-7H,4H2,1H3;2-3,5,7-8H,4,6H2,1H3;1-2,4-6H,3H2,(H,9,10);1-2,4,6-7,9H,3,5H2;1-4,6-7H,5H2;1-2H3;1-2H3;2H,1H3. The van der Waals surface area contributed by atoms with Crippen molar-refractivity contribution in [3.05, 3.63) is 340 Å². The summed E-state index contributed by atoms with van der Waals surface area (Å²) in [6.07, 6.45) is 48.3. The summed E-state index contributed by atoms with van der Waals surface area (Å²) in [4.78, 5) is 21.6. The molecule has 0 spiro atoms. The van der Waals surface area contributed by atoms with E-state index in [1.807, 2.05) is 56.9 Å². The summed E-state index contributed by atoms with van der Waals surface area (Å²) in [6.45, 7) is 20.5. The number of aliphatic hydroxyl groups excluding tert-OH is 2. The average Bonchev–Trinajstić information content (AvgIpc) is 1.64. The van der Waals surface area contributed by atoms with Gasteiger partial charge < -0.3 is 47.8 Å². The lowest BCUT2D eigenvalue weighted by Crippen LogP contribution is -2.09. The first-order chi connectivity index (χ1) is 55.9. The monoisotopic (exact) mass is 1520 g/mol. The Morgan fingerprint density at radius 3 is 0.754 bits per heavy atom. The lowest BCUT2D eigenvalue weighted by atomic mass is 10.0. The Bertz CT molecular complexity index is 5000. The van der Waals surface area contributed by atoms with Crippen LogP contribution in [0.1, 0.15) is 46.0 Å². The maximum Gasteiger partial charge on any atom is 0.334 e. The van der Waals surface area contributed by atoms with Gasteiger partial charge in [-0.25, -0.2) is 9.59 Å². The van der Waals surface area contributed by atoms with E-state index in [2.05, 4.69) is 327 Å². The molecule has 12 nitrogen and oxygen atoms in total. The van der Waals surface area contributed by atoms with E-state index in [0.29, 0.717) is 41.1 Å². The van der Waals surface area contributed by atoms with Crippen LogP contribution in [0.4, 0.5) is 0 Å². The summed E-state index contributed by atoms with van der Waals surface area (Å²) >= 11 is 0. The molecule has 4 aromatic heterocycles. The number of rotatable bonds is 9. The molecule has 4 heterocycles. The predicted molar refractivity (Wildman–Crippen MR) is 480 cm³/mol. The first-order valence-electron chi connectivity index (χ1n) is 39.5. The van der Waals surface area contributed by atoms with Crippen molar-refractivity contribution in [2.45, 2.75) is 46.0 Å². The van der Waals surface area contributed by atoms with Crippen molar-refractivity contribution in [2.75, 3.05) is 48.8 Å². The number of carbonyl (C=O) groups excluding carboxylic acids is 1. The van der Waals surface area contributed by atoms with Crippen molar-refractivity contribution < 1.29 is 39.1 Å². The van der Waals surface area contributed by atoms with Gasteiger partial charge in [0.05, 0.1) is 64.5 Å². The van der Waals surface area contributed by atoms with Gasteiger partial charge in [-0.05, 0) is 127 Å². The number of aliphatic carboxylic acids is 1. The van der Waals surface area contributed by atoms with Crippen LogP contribution < -0.4 is 0 Å². The molecule has 114 heavy (non-hydrogen) atoms. The number of aliphatic hydroxyl groups is 2. The van der Waals surface area contributed by atoms with Crippen molar-refractivity contribution in [3.63, 3.8) is 0 Å². The Labute approximate surface area is 671 Å². The van der Waals surface area contributed by atoms with Crippen LogP contribution in [-0.2, 0) is 23.8 Å². The van der Waals surface area contributed by atoms with Crippen molar-refractivity contribution in [2.24, 2.45) is 59.2 Å². The number of benzene rings is 8. The van der Waals surface area contributed by atoms with Gasteiger partial charge >= 0.3 is 11.9 Å². The number of carboxylic acids is 1. The third-order valence-corrected chi connectivity index (χ3v) is 22.0. The summed E-state index contributed by atoms with van der Waals surface area (Å²) in [6, 6.07) is 67.2. The third kappa shape index (κ3) is 18.7. The number of aromatic nitrogens is 4. The van der Waals surface area contributed by atoms with E-state index >= 15 is 0 Å². The minimum atomic E-state index is -0.753. The molecule has 8 unspecified atom stereocenters. The van der Waals surface area contributed by atoms with Gasteiger partial charge in [0.15, 0.2) is 0 Å². The quantitative estimate of drug-likeness (QED) is 0.0958. The molecule has 8 aromatic carbocycles. The fourth-order valence-corrected chi connectivity index (χ4v) is 16.9. The molecule has 12 aromatic rings. The summed E-state index contributed by atoms with van der Waals surface area (Å²) in [5.74, 6) is 4.84. The SMILES string of the molecule is C1=CC2C=CC1C2.C=Cn1c2ccccc2c2ccccc21.C=Cn1c2ccccc2c2ccccc21.C=Cn1c2ccccc2c2ccccc21.C=Cn1c2ccccc2c2ccccc21.CC.CO.COC.COC(=O)C1=CC2C=CC1C2.COCC1=CC2C=CC1C2.O=C(O)C1=CC2C=CC1C2.OCC1=CC2C=CC1C2. The largest absolute Gasteiger partial charge is 0.478 e. The highest BCUT2D eigenvalue weighted by Gasteiger charge is 2.34. The molecule has 10 bridgehead atoms. The molecule has 584 valence electrons. The number of ether oxygens (including phenoxy) is 3. The third-order valence-electron chi connectivity index (χ3n) is 22.0. The van der Waals surface area contributed by atoms with Crippen LogP contribution in [0.5, 0.6) is 0 Å². The number of methoxy groups -OCH3 is 3. The molecule has 0 fully saturated rings. The van der Waals surface area contributed by atoms with Crippen LogP contribution in [0.3, 0.4) is 0 Å². The fraction of sp³-hybridized carbons (Fsp3) is 0.235. The Kier molecular flexibility index (Phi) is 29.5. The minimum absolute atomic E-state index is 0.165. The number of esters is 1. The second kappa shape index (κ2) is 40.5. The van der Waals surface area contributed by atoms with Gasteiger partial charge in [-0.1, -0.05) is 283 Å². The van der Waals surface area contributed by atoms with Gasteiger partial charge in [-0.15, -0.1) is 0 Å². The van der Waals surface area contributed by atoms with Gasteiger partial charge in [0.1, 0.15) is 0 Å². The first kappa shape index (κ1) is 83.0. The number of hydrogen-bond acceptors (Lipinski definition) is 7. The lowest BCUT2D eigenvalue weighted by molar-refractivity contribution is -0.136. The number of fused-ring (bicyclic) bond motifs is 22. The first-order valence-corrected chi connectivity index (χ1v) is 39.5. The molecule has 10 aliphatic carbocycles. The van der Waals surface area contributed by atoms with Crippen LogP contribution in [0, 0.1) is 59.2 Å². The predicted octanol–water partition coefficient (Wildman–Crippen LogP) is 23.6. The number of para-hydroxylation sites is 8. The minimum Gasteiger partial charge on any atom is -0.478 e. The molecule has 0 amide bonds. The second-order valence-electron chi connectivity index (χ2n) is 28.8. The van der Waals surface area contributed by atoms with E-state index in [9.17, 15) is 9.59 Å². The average molecular weight is 1520 g/mol. The van der Waals surface area contributed by atoms with Crippen LogP contribution in [0.15, 0.2) is 340 Å². The Hall–Kier alpha value is -11.9. The van der Waals surface area contributed by atoms with E-state index in [1.165, 1.54) is 125 Å². The summed E-state index contributed by atoms with van der Waals surface area (Å²) in [5.41, 5.74) is 13.9. The number of carboxylic acid groups (broad SMARTS) is 1. The molecule has 0 radical (unpaired) electrons. The topological polar surface area (TPSA) is 142 Å². The van der Waals surface area contributed by atoms with Gasteiger partial charge in [0, 0.05) is 131 Å². The van der Waals surface area contributed by atoms with E-state index in [0.717, 1.165) is 49.9 Å². The maximum absolute atomic E-state index is 11.1. The maximum atomic E-state index is 11.1. The van der Waals surface area contributed by atoms with Crippen LogP contribution in [0.2, 0.25) is 0 Å². The van der Waals surface area contributed by atoms with Crippen molar-refractivity contribution in [3.8, 4) is 0 Å². The Morgan fingerprint density at radius 1 is 0.351 bits per heavy atom. The van der Waals surface area contributed by atoms with E-state index in [1.54, 1.807) is 21.3 Å². The molecule has 10 aliphatic rings. The van der Waals surface area contributed by atoms with Crippen LogP contribution in [-0.4, -0.2) is 94.3 Å². The van der Waals surface area contributed by atoms with Gasteiger partial charge in [0.2, 0.25) is 0 Å². The molecule has 0 saturated carbocycles. The summed E-state index contributed by atoms with van der Waals surface area (Å²) in [5, 5.41) is 34.7. The van der Waals surface area contributed by atoms with E-state index in [-0.39, 0.29) is 18.5 Å². The summed E-state index contributed by atoms with van der Waals surface area (Å²) < 4.78 is 22.5. The second-order valence-corrected chi connectivity index (χ2v) is 28.8. The highest BCUT2D eigenvalue weighted by atomic mass is 16.5. The lowest BCUT2D eigenvalue weighted by Gasteiger charge is -2.07.